The van der Waals surface area contributed by atoms with Gasteiger partial charge in [0, 0.05) is 12.1 Å². The van der Waals surface area contributed by atoms with E-state index in [1.165, 1.54) is 7.11 Å². The predicted octanol–water partition coefficient (Wildman–Crippen LogP) is 2.68. The molecule has 5 nitrogen and oxygen atoms in total. The fourth-order valence-electron chi connectivity index (χ4n) is 1.67. The Kier molecular flexibility index (Phi) is 4.18. The van der Waals surface area contributed by atoms with Gasteiger partial charge in [0.1, 0.15) is 5.82 Å². The normalized spacial score (nSPS) is 10.2. The largest absolute Gasteiger partial charge is 0.504 e. The van der Waals surface area contributed by atoms with Crippen LogP contribution in [0.4, 0.5) is 5.82 Å². The van der Waals surface area contributed by atoms with Crippen molar-refractivity contribution in [2.24, 2.45) is 0 Å². The minimum absolute atomic E-state index is 0.112. The number of ether oxygens (including phenoxy) is 1. The minimum atomic E-state index is 0.112. The fraction of sp³-hybridized carbons (Fsp3) is 0.286. The molecule has 0 spiro atoms. The topological polar surface area (TPSA) is 67.3 Å². The standard InChI is InChI=1S/C14H17N3O2/c1-3-8-15-14-7-5-11(16-17-14)10-4-6-12(18)13(9-10)19-2/h4-7,9,18H,3,8H2,1-2H3,(H,15,17). The lowest BCUT2D eigenvalue weighted by Gasteiger charge is -2.07. The summed E-state index contributed by atoms with van der Waals surface area (Å²) in [7, 11) is 1.52. The van der Waals surface area contributed by atoms with Gasteiger partial charge in [-0.3, -0.25) is 0 Å². The number of nitrogens with zero attached hydrogens (tertiary/aromatic N) is 2. The van der Waals surface area contributed by atoms with Crippen LogP contribution >= 0.6 is 0 Å². The van der Waals surface area contributed by atoms with Gasteiger partial charge in [0.2, 0.25) is 0 Å². The summed E-state index contributed by atoms with van der Waals surface area (Å²) < 4.78 is 5.07. The van der Waals surface area contributed by atoms with Crippen molar-refractivity contribution in [2.45, 2.75) is 13.3 Å². The van der Waals surface area contributed by atoms with Crippen molar-refractivity contribution in [3.8, 4) is 22.8 Å². The number of methoxy groups -OCH3 is 1. The predicted molar refractivity (Wildman–Crippen MR) is 74.5 cm³/mol. The molecule has 2 aromatic rings. The Morgan fingerprint density at radius 1 is 1.21 bits per heavy atom. The van der Waals surface area contributed by atoms with Gasteiger partial charge in [0.25, 0.3) is 0 Å². The Balaban J connectivity index is 2.22. The van der Waals surface area contributed by atoms with Crippen molar-refractivity contribution in [2.75, 3.05) is 19.0 Å². The van der Waals surface area contributed by atoms with Crippen molar-refractivity contribution < 1.29 is 9.84 Å². The molecule has 5 heteroatoms. The first-order chi connectivity index (χ1) is 9.24. The molecular formula is C14H17N3O2. The maximum absolute atomic E-state index is 9.55. The second-order valence-corrected chi connectivity index (χ2v) is 4.12. The third-order valence-electron chi connectivity index (χ3n) is 2.70. The molecular weight excluding hydrogens is 242 g/mol. The van der Waals surface area contributed by atoms with Gasteiger partial charge in [-0.1, -0.05) is 6.92 Å². The van der Waals surface area contributed by atoms with Crippen LogP contribution in [0.5, 0.6) is 11.5 Å². The van der Waals surface area contributed by atoms with Gasteiger partial charge >= 0.3 is 0 Å². The lowest BCUT2D eigenvalue weighted by Crippen LogP contribution is -2.02. The minimum Gasteiger partial charge on any atom is -0.504 e. The summed E-state index contributed by atoms with van der Waals surface area (Å²) in [6.07, 6.45) is 1.04. The molecule has 0 aliphatic carbocycles. The average Bonchev–Trinajstić information content (AvgIpc) is 2.46. The highest BCUT2D eigenvalue weighted by molar-refractivity contribution is 5.64. The van der Waals surface area contributed by atoms with E-state index < -0.39 is 0 Å². The number of aromatic hydroxyl groups is 1. The summed E-state index contributed by atoms with van der Waals surface area (Å²) in [6, 6.07) is 8.87. The summed E-state index contributed by atoms with van der Waals surface area (Å²) in [5, 5.41) is 21.0. The molecule has 2 N–H and O–H groups in total. The Hall–Kier alpha value is -2.30. The SMILES string of the molecule is CCCNc1ccc(-c2ccc(O)c(OC)c2)nn1. The van der Waals surface area contributed by atoms with E-state index in [0.29, 0.717) is 5.75 Å². The van der Waals surface area contributed by atoms with E-state index in [-0.39, 0.29) is 5.75 Å². The molecule has 1 heterocycles. The van der Waals surface area contributed by atoms with E-state index >= 15 is 0 Å². The number of hydrogen-bond donors (Lipinski definition) is 2. The number of rotatable bonds is 5. The van der Waals surface area contributed by atoms with Crippen LogP contribution in [0.25, 0.3) is 11.3 Å². The summed E-state index contributed by atoms with van der Waals surface area (Å²) in [5.74, 6) is 1.30. The molecule has 0 saturated heterocycles. The zero-order valence-electron chi connectivity index (χ0n) is 11.1. The van der Waals surface area contributed by atoms with Crippen molar-refractivity contribution in [1.29, 1.82) is 0 Å². The lowest BCUT2D eigenvalue weighted by atomic mass is 10.1. The third kappa shape index (κ3) is 3.13. The van der Waals surface area contributed by atoms with E-state index in [1.807, 2.05) is 12.1 Å². The van der Waals surface area contributed by atoms with E-state index in [4.69, 9.17) is 4.74 Å². The zero-order valence-corrected chi connectivity index (χ0v) is 11.1. The van der Waals surface area contributed by atoms with Crippen LogP contribution < -0.4 is 10.1 Å². The molecule has 100 valence electrons. The number of aromatic nitrogens is 2. The second-order valence-electron chi connectivity index (χ2n) is 4.12. The van der Waals surface area contributed by atoms with Gasteiger partial charge in [-0.25, -0.2) is 0 Å². The van der Waals surface area contributed by atoms with Crippen LogP contribution in [0, 0.1) is 0 Å². The van der Waals surface area contributed by atoms with E-state index in [0.717, 1.165) is 30.0 Å². The van der Waals surface area contributed by atoms with E-state index in [2.05, 4.69) is 22.4 Å². The highest BCUT2D eigenvalue weighted by Gasteiger charge is 2.06. The average molecular weight is 259 g/mol. The molecule has 19 heavy (non-hydrogen) atoms. The highest BCUT2D eigenvalue weighted by atomic mass is 16.5. The number of benzene rings is 1. The van der Waals surface area contributed by atoms with Crippen LogP contribution in [-0.2, 0) is 0 Å². The maximum Gasteiger partial charge on any atom is 0.161 e. The first-order valence-electron chi connectivity index (χ1n) is 6.19. The van der Waals surface area contributed by atoms with Crippen LogP contribution in [0.1, 0.15) is 13.3 Å². The Morgan fingerprint density at radius 3 is 2.68 bits per heavy atom. The number of hydrogen-bond acceptors (Lipinski definition) is 5. The van der Waals surface area contributed by atoms with Crippen molar-refractivity contribution in [1.82, 2.24) is 10.2 Å². The lowest BCUT2D eigenvalue weighted by molar-refractivity contribution is 0.373. The van der Waals surface area contributed by atoms with Gasteiger partial charge in [0.05, 0.1) is 12.8 Å². The smallest absolute Gasteiger partial charge is 0.161 e. The zero-order chi connectivity index (χ0) is 13.7. The number of phenols is 1. The molecule has 1 aromatic carbocycles. The fourth-order valence-corrected chi connectivity index (χ4v) is 1.67. The van der Waals surface area contributed by atoms with Crippen molar-refractivity contribution in [3.63, 3.8) is 0 Å². The maximum atomic E-state index is 9.55. The number of anilines is 1. The molecule has 0 unspecified atom stereocenters. The molecule has 0 fully saturated rings. The summed E-state index contributed by atoms with van der Waals surface area (Å²) in [4.78, 5) is 0. The van der Waals surface area contributed by atoms with Crippen LogP contribution in [0.15, 0.2) is 30.3 Å². The summed E-state index contributed by atoms with van der Waals surface area (Å²) in [5.41, 5.74) is 1.59. The van der Waals surface area contributed by atoms with E-state index in [9.17, 15) is 5.11 Å². The Morgan fingerprint density at radius 2 is 2.05 bits per heavy atom. The molecule has 2 rings (SSSR count). The molecule has 0 atom stereocenters. The molecule has 0 radical (unpaired) electrons. The molecule has 0 saturated carbocycles. The Labute approximate surface area is 112 Å². The highest BCUT2D eigenvalue weighted by Crippen LogP contribution is 2.30. The molecule has 1 aromatic heterocycles. The van der Waals surface area contributed by atoms with Gasteiger partial charge < -0.3 is 15.2 Å². The van der Waals surface area contributed by atoms with Gasteiger partial charge in [-0.05, 0) is 36.8 Å². The second kappa shape index (κ2) is 6.04. The molecule has 0 aliphatic rings. The molecule has 0 bridgehead atoms. The third-order valence-corrected chi connectivity index (χ3v) is 2.70. The monoisotopic (exact) mass is 259 g/mol. The van der Waals surface area contributed by atoms with Gasteiger partial charge in [-0.15, -0.1) is 10.2 Å². The quantitative estimate of drug-likeness (QED) is 0.864. The van der Waals surface area contributed by atoms with Crippen molar-refractivity contribution in [3.05, 3.63) is 30.3 Å². The van der Waals surface area contributed by atoms with Crippen molar-refractivity contribution >= 4 is 5.82 Å². The van der Waals surface area contributed by atoms with Gasteiger partial charge in [-0.2, -0.15) is 0 Å². The summed E-state index contributed by atoms with van der Waals surface area (Å²) >= 11 is 0. The van der Waals surface area contributed by atoms with Crippen LogP contribution in [0.3, 0.4) is 0 Å². The summed E-state index contributed by atoms with van der Waals surface area (Å²) in [6.45, 7) is 2.97. The number of nitrogens with one attached hydrogen (secondary N) is 1. The van der Waals surface area contributed by atoms with E-state index in [1.54, 1.807) is 18.2 Å². The first-order valence-corrected chi connectivity index (χ1v) is 6.19. The van der Waals surface area contributed by atoms with Gasteiger partial charge in [0.15, 0.2) is 11.5 Å². The Bertz CT molecular complexity index is 541. The van der Waals surface area contributed by atoms with Crippen LogP contribution in [-0.4, -0.2) is 29.0 Å². The number of phenolic OH excluding ortho intramolecular Hbond substituents is 1. The molecule has 0 amide bonds. The first kappa shape index (κ1) is 13.1. The molecule has 0 aliphatic heterocycles. The van der Waals surface area contributed by atoms with Crippen LogP contribution in [0.2, 0.25) is 0 Å².